The maximum atomic E-state index is 13.2. The number of nitrogens with zero attached hydrogens (tertiary/aromatic N) is 3. The van der Waals surface area contributed by atoms with Crippen molar-refractivity contribution >= 4 is 39.7 Å². The van der Waals surface area contributed by atoms with E-state index in [1.165, 1.54) is 42.6 Å². The summed E-state index contributed by atoms with van der Waals surface area (Å²) < 4.78 is 2.53. The zero-order valence-corrected chi connectivity index (χ0v) is 23.4. The van der Waals surface area contributed by atoms with Crippen molar-refractivity contribution in [2.45, 2.75) is 64.1 Å². The van der Waals surface area contributed by atoms with Crippen LogP contribution in [0.1, 0.15) is 72.9 Å². The second-order valence-electron chi connectivity index (χ2n) is 10.8. The van der Waals surface area contributed by atoms with Crippen LogP contribution >= 0.6 is 12.2 Å². The molecule has 2 aliphatic rings. The van der Waals surface area contributed by atoms with E-state index in [9.17, 15) is 4.79 Å². The van der Waals surface area contributed by atoms with Crippen LogP contribution in [0.25, 0.3) is 10.8 Å². The lowest BCUT2D eigenvalue weighted by Gasteiger charge is -2.28. The van der Waals surface area contributed by atoms with E-state index < -0.39 is 0 Å². The molecule has 0 unspecified atom stereocenters. The molecule has 1 aliphatic carbocycles. The third-order valence-electron chi connectivity index (χ3n) is 8.37. The van der Waals surface area contributed by atoms with Crippen LogP contribution in [0.2, 0.25) is 0 Å². The molecule has 0 spiro atoms. The Morgan fingerprint density at radius 2 is 1.82 bits per heavy atom. The molecule has 2 atom stereocenters. The fourth-order valence-corrected chi connectivity index (χ4v) is 6.91. The van der Waals surface area contributed by atoms with Crippen LogP contribution in [0.15, 0.2) is 72.9 Å². The lowest BCUT2D eigenvalue weighted by Crippen LogP contribution is -2.33. The average Bonchev–Trinajstić information content (AvgIpc) is 3.66. The number of nitrogens with one attached hydrogen (secondary N) is 2. The van der Waals surface area contributed by atoms with Gasteiger partial charge in [0, 0.05) is 47.7 Å². The first-order valence-electron chi connectivity index (χ1n) is 14.0. The molecule has 3 heterocycles. The molecule has 1 saturated carbocycles. The Balaban J connectivity index is 1.28. The van der Waals surface area contributed by atoms with Crippen molar-refractivity contribution in [3.8, 4) is 0 Å². The molecule has 2 fully saturated rings. The van der Waals surface area contributed by atoms with Gasteiger partial charge in [-0.05, 0) is 74.1 Å². The monoisotopic (exact) mass is 537 g/mol. The molecule has 0 radical (unpaired) electrons. The van der Waals surface area contributed by atoms with Crippen molar-refractivity contribution in [1.82, 2.24) is 19.8 Å². The normalized spacial score (nSPS) is 19.5. The summed E-state index contributed by atoms with van der Waals surface area (Å²) in [5.41, 5.74) is 5.64. The maximum Gasteiger partial charge on any atom is 0.226 e. The van der Waals surface area contributed by atoms with Gasteiger partial charge in [-0.3, -0.25) is 9.78 Å². The van der Waals surface area contributed by atoms with E-state index in [1.54, 1.807) is 0 Å². The van der Waals surface area contributed by atoms with Crippen molar-refractivity contribution < 1.29 is 4.79 Å². The third-order valence-corrected chi connectivity index (χ3v) is 8.73. The molecule has 2 N–H and O–H groups in total. The molecule has 200 valence electrons. The number of amides is 1. The fraction of sp³-hybridized carbons (Fsp3) is 0.344. The molecular formula is C32H35N5OS. The molecule has 1 amide bonds. The van der Waals surface area contributed by atoms with Gasteiger partial charge in [0.15, 0.2) is 5.11 Å². The highest BCUT2D eigenvalue weighted by Gasteiger charge is 2.41. The predicted octanol–water partition coefficient (Wildman–Crippen LogP) is 6.77. The Bertz CT molecular complexity index is 1500. The zero-order chi connectivity index (χ0) is 26.9. The number of fused-ring (bicyclic) bond motifs is 1. The van der Waals surface area contributed by atoms with E-state index in [1.807, 2.05) is 48.7 Å². The SMILES string of the molecule is Cc1cc([C@@H]2[C@@H](c3ccccn3)NC(=S)N2CCC(=O)Nc2cccc3ccccc23)c(C)n1C1CCCC1. The smallest absolute Gasteiger partial charge is 0.226 e. The van der Waals surface area contributed by atoms with Gasteiger partial charge in [-0.2, -0.15) is 0 Å². The second kappa shape index (κ2) is 10.8. The van der Waals surface area contributed by atoms with Crippen LogP contribution in [0, 0.1) is 13.8 Å². The highest BCUT2D eigenvalue weighted by atomic mass is 32.1. The molecule has 1 saturated heterocycles. The summed E-state index contributed by atoms with van der Waals surface area (Å²) >= 11 is 5.88. The molecule has 1 aliphatic heterocycles. The van der Waals surface area contributed by atoms with Gasteiger partial charge in [-0.1, -0.05) is 55.3 Å². The average molecular weight is 538 g/mol. The summed E-state index contributed by atoms with van der Waals surface area (Å²) in [7, 11) is 0. The molecule has 2 aromatic heterocycles. The predicted molar refractivity (Wildman–Crippen MR) is 161 cm³/mol. The minimum Gasteiger partial charge on any atom is -0.352 e. The Morgan fingerprint density at radius 1 is 1.05 bits per heavy atom. The van der Waals surface area contributed by atoms with E-state index in [-0.39, 0.29) is 18.0 Å². The van der Waals surface area contributed by atoms with Crippen LogP contribution in [-0.2, 0) is 4.79 Å². The number of aromatic nitrogens is 2. The molecule has 39 heavy (non-hydrogen) atoms. The summed E-state index contributed by atoms with van der Waals surface area (Å²) in [6.07, 6.45) is 7.22. The van der Waals surface area contributed by atoms with Gasteiger partial charge in [0.25, 0.3) is 0 Å². The zero-order valence-electron chi connectivity index (χ0n) is 22.6. The minimum atomic E-state index is -0.0858. The second-order valence-corrected chi connectivity index (χ2v) is 11.2. The van der Waals surface area contributed by atoms with Gasteiger partial charge in [0.2, 0.25) is 5.91 Å². The fourth-order valence-electron chi connectivity index (χ4n) is 6.58. The van der Waals surface area contributed by atoms with Gasteiger partial charge >= 0.3 is 0 Å². The van der Waals surface area contributed by atoms with Crippen LogP contribution in [0.3, 0.4) is 0 Å². The lowest BCUT2D eigenvalue weighted by molar-refractivity contribution is -0.116. The van der Waals surface area contributed by atoms with Gasteiger partial charge in [-0.15, -0.1) is 0 Å². The van der Waals surface area contributed by atoms with Crippen LogP contribution in [0.5, 0.6) is 0 Å². The number of anilines is 1. The molecule has 0 bridgehead atoms. The number of rotatable bonds is 7. The van der Waals surface area contributed by atoms with Gasteiger partial charge in [0.05, 0.1) is 17.8 Å². The topological polar surface area (TPSA) is 62.2 Å². The van der Waals surface area contributed by atoms with Crippen molar-refractivity contribution in [2.24, 2.45) is 0 Å². The standard InChI is InChI=1S/C32H35N5OS/c1-21-20-26(22(2)37(21)24-12-4-5-13-24)31-30(28-15-7-8-18-33-28)35-32(39)36(31)19-17-29(38)34-27-16-9-11-23-10-3-6-14-25(23)27/h3,6-11,14-16,18,20,24,30-31H,4-5,12-13,17,19H2,1-2H3,(H,34,38)(H,35,39)/t30-,31-/m1/s1. The van der Waals surface area contributed by atoms with Gasteiger partial charge in [0.1, 0.15) is 0 Å². The summed E-state index contributed by atoms with van der Waals surface area (Å²) in [6, 6.07) is 22.9. The molecule has 4 aromatic rings. The minimum absolute atomic E-state index is 0.0226. The number of pyridine rings is 1. The summed E-state index contributed by atoms with van der Waals surface area (Å²) in [4.78, 5) is 20.1. The van der Waals surface area contributed by atoms with E-state index in [4.69, 9.17) is 12.2 Å². The van der Waals surface area contributed by atoms with Crippen molar-refractivity contribution in [2.75, 3.05) is 11.9 Å². The number of benzene rings is 2. The highest BCUT2D eigenvalue weighted by molar-refractivity contribution is 7.80. The van der Waals surface area contributed by atoms with E-state index in [0.717, 1.165) is 22.2 Å². The number of thiocarbonyl (C=S) groups is 1. The Kier molecular flexibility index (Phi) is 7.09. The number of hydrogen-bond donors (Lipinski definition) is 2. The van der Waals surface area contributed by atoms with Crippen molar-refractivity contribution in [3.05, 3.63) is 95.6 Å². The maximum absolute atomic E-state index is 13.2. The number of hydrogen-bond acceptors (Lipinski definition) is 3. The number of carbonyl (C=O) groups excluding carboxylic acids is 1. The quantitative estimate of drug-likeness (QED) is 0.255. The first-order chi connectivity index (χ1) is 19.0. The summed E-state index contributed by atoms with van der Waals surface area (Å²) in [5, 5.41) is 9.50. The van der Waals surface area contributed by atoms with Crippen molar-refractivity contribution in [1.29, 1.82) is 0 Å². The van der Waals surface area contributed by atoms with Crippen LogP contribution in [0.4, 0.5) is 5.69 Å². The van der Waals surface area contributed by atoms with Crippen LogP contribution < -0.4 is 10.6 Å². The Morgan fingerprint density at radius 3 is 2.62 bits per heavy atom. The molecule has 6 nitrogen and oxygen atoms in total. The number of aryl methyl sites for hydroxylation is 1. The van der Waals surface area contributed by atoms with Crippen LogP contribution in [-0.4, -0.2) is 32.0 Å². The Labute approximate surface area is 235 Å². The van der Waals surface area contributed by atoms with E-state index >= 15 is 0 Å². The Hall–Kier alpha value is -3.71. The molecule has 7 heteroatoms. The van der Waals surface area contributed by atoms with Crippen molar-refractivity contribution in [3.63, 3.8) is 0 Å². The lowest BCUT2D eigenvalue weighted by atomic mass is 9.96. The van der Waals surface area contributed by atoms with Gasteiger partial charge < -0.3 is 20.1 Å². The third kappa shape index (κ3) is 4.91. The summed E-state index contributed by atoms with van der Waals surface area (Å²) in [5.74, 6) is -0.0226. The highest BCUT2D eigenvalue weighted by Crippen LogP contribution is 2.43. The van der Waals surface area contributed by atoms with E-state index in [2.05, 4.69) is 63.2 Å². The largest absolute Gasteiger partial charge is 0.352 e. The molecular weight excluding hydrogens is 502 g/mol. The van der Waals surface area contributed by atoms with E-state index in [0.29, 0.717) is 24.1 Å². The summed E-state index contributed by atoms with van der Waals surface area (Å²) in [6.45, 7) is 4.97. The van der Waals surface area contributed by atoms with Gasteiger partial charge in [-0.25, -0.2) is 0 Å². The number of carbonyl (C=O) groups is 1. The molecule has 6 rings (SSSR count). The molecule has 2 aromatic carbocycles. The first-order valence-corrected chi connectivity index (χ1v) is 14.4. The first kappa shape index (κ1) is 25.6.